The van der Waals surface area contributed by atoms with E-state index in [4.69, 9.17) is 4.98 Å². The number of hydrogen-bond donors (Lipinski definition) is 1. The number of benzene rings is 3. The average molecular weight is 290 g/mol. The van der Waals surface area contributed by atoms with Gasteiger partial charge in [-0.05, 0) is 12.1 Å². The second-order valence-corrected chi connectivity index (χ2v) is 5.26. The number of nitrogens with zero attached hydrogens (tertiary/aromatic N) is 2. The minimum absolute atomic E-state index is 0.00872. The van der Waals surface area contributed by atoms with Gasteiger partial charge in [-0.15, -0.1) is 0 Å². The van der Waals surface area contributed by atoms with Gasteiger partial charge in [-0.2, -0.15) is 0 Å². The summed E-state index contributed by atoms with van der Waals surface area (Å²) in [5.41, 5.74) is 3.30. The van der Waals surface area contributed by atoms with Crippen molar-refractivity contribution in [3.05, 3.63) is 64.8 Å². The maximum Gasteiger partial charge on any atom is 0.188 e. The lowest BCUT2D eigenvalue weighted by Gasteiger charge is -2.18. The van der Waals surface area contributed by atoms with Crippen molar-refractivity contribution in [3.63, 3.8) is 0 Å². The van der Waals surface area contributed by atoms with E-state index >= 15 is 0 Å². The largest absolute Gasteiger partial charge is 0.395 e. The molecule has 0 saturated carbocycles. The molecule has 4 heteroatoms. The number of para-hydroxylation sites is 2. The van der Waals surface area contributed by atoms with E-state index < -0.39 is 0 Å². The fourth-order valence-corrected chi connectivity index (χ4v) is 3.01. The lowest BCUT2D eigenvalue weighted by Crippen LogP contribution is -2.14. The van der Waals surface area contributed by atoms with Crippen LogP contribution in [0.1, 0.15) is 0 Å². The maximum absolute atomic E-state index is 12.4. The zero-order valence-corrected chi connectivity index (χ0v) is 11.9. The Kier molecular flexibility index (Phi) is 2.91. The molecule has 1 N–H and O–H groups in total. The molecular weight excluding hydrogens is 276 g/mol. The van der Waals surface area contributed by atoms with Crippen molar-refractivity contribution in [3.8, 4) is 11.4 Å². The molecule has 1 aliphatic carbocycles. The monoisotopic (exact) mass is 290 g/mol. The highest BCUT2D eigenvalue weighted by atomic mass is 16.3. The highest BCUT2D eigenvalue weighted by Gasteiger charge is 2.16. The molecule has 4 rings (SSSR count). The molecule has 2 aromatic rings. The highest BCUT2D eigenvalue weighted by Crippen LogP contribution is 2.30. The summed E-state index contributed by atoms with van der Waals surface area (Å²) in [6.07, 6.45) is 0. The van der Waals surface area contributed by atoms with E-state index in [2.05, 4.69) is 0 Å². The molecule has 22 heavy (non-hydrogen) atoms. The molecule has 0 aromatic heterocycles. The van der Waals surface area contributed by atoms with Gasteiger partial charge >= 0.3 is 0 Å². The summed E-state index contributed by atoms with van der Waals surface area (Å²) >= 11 is 0. The molecule has 0 atom stereocenters. The lowest BCUT2D eigenvalue weighted by atomic mass is 10.0. The molecule has 1 heterocycles. The normalized spacial score (nSPS) is 11.5. The topological polar surface area (TPSA) is 55.1 Å². The molecule has 0 fully saturated rings. The summed E-state index contributed by atoms with van der Waals surface area (Å²) < 4.78 is 1.96. The molecule has 2 aliphatic rings. The molecule has 1 aliphatic heterocycles. The van der Waals surface area contributed by atoms with Gasteiger partial charge in [0.1, 0.15) is 0 Å². The number of hydrogen-bond acceptors (Lipinski definition) is 3. The number of fused-ring (bicyclic) bond motifs is 4. The molecular formula is C18H14N2O2. The van der Waals surface area contributed by atoms with E-state index in [9.17, 15) is 9.90 Å². The second kappa shape index (κ2) is 4.93. The Balaban J connectivity index is 2.27. The van der Waals surface area contributed by atoms with Crippen molar-refractivity contribution in [1.82, 2.24) is 9.55 Å². The van der Waals surface area contributed by atoms with Gasteiger partial charge in [-0.25, -0.2) is 4.98 Å². The summed E-state index contributed by atoms with van der Waals surface area (Å²) in [5.74, 6) is 0. The SMILES string of the molecule is O=c1cc2n(CCO)c3ccccc3nc-2c2ccccc12. The first-order valence-corrected chi connectivity index (χ1v) is 7.21. The molecule has 2 aromatic carbocycles. The molecule has 4 nitrogen and oxygen atoms in total. The Hall–Kier alpha value is -2.72. The van der Waals surface area contributed by atoms with Gasteiger partial charge < -0.3 is 9.67 Å². The fourth-order valence-electron chi connectivity index (χ4n) is 3.01. The minimum Gasteiger partial charge on any atom is -0.395 e. The third kappa shape index (κ3) is 1.81. The first-order chi connectivity index (χ1) is 10.8. The first kappa shape index (κ1) is 13.0. The van der Waals surface area contributed by atoms with Crippen molar-refractivity contribution < 1.29 is 5.11 Å². The number of aliphatic hydroxyl groups is 1. The van der Waals surface area contributed by atoms with Gasteiger partial charge in [0.25, 0.3) is 0 Å². The number of aliphatic hydroxyl groups excluding tert-OH is 1. The number of rotatable bonds is 2. The molecule has 0 radical (unpaired) electrons. The summed E-state index contributed by atoms with van der Waals surface area (Å²) in [5, 5.41) is 10.9. The predicted molar refractivity (Wildman–Crippen MR) is 87.2 cm³/mol. The van der Waals surface area contributed by atoms with Crippen molar-refractivity contribution in [1.29, 1.82) is 0 Å². The summed E-state index contributed by atoms with van der Waals surface area (Å²) in [7, 11) is 0. The first-order valence-electron chi connectivity index (χ1n) is 7.21. The quantitative estimate of drug-likeness (QED) is 0.456. The number of aromatic nitrogens is 2. The van der Waals surface area contributed by atoms with Crippen LogP contribution in [0.15, 0.2) is 59.4 Å². The van der Waals surface area contributed by atoms with Crippen LogP contribution in [-0.4, -0.2) is 21.3 Å². The summed E-state index contributed by atoms with van der Waals surface area (Å²) in [6, 6.07) is 16.9. The predicted octanol–water partition coefficient (Wildman–Crippen LogP) is 2.65. The fraction of sp³-hybridized carbons (Fsp3) is 0.111. The zero-order chi connectivity index (χ0) is 15.1. The second-order valence-electron chi connectivity index (χ2n) is 5.26. The van der Waals surface area contributed by atoms with Crippen LogP contribution in [0.25, 0.3) is 33.2 Å². The molecule has 0 unspecified atom stereocenters. The molecule has 0 bridgehead atoms. The van der Waals surface area contributed by atoms with Gasteiger partial charge in [-0.3, -0.25) is 4.79 Å². The highest BCUT2D eigenvalue weighted by molar-refractivity contribution is 5.97. The summed E-state index contributed by atoms with van der Waals surface area (Å²) in [4.78, 5) is 17.1. The Labute approximate surface area is 126 Å². The van der Waals surface area contributed by atoms with Gasteiger partial charge in [0.15, 0.2) is 5.43 Å². The Bertz CT molecular complexity index is 1020. The van der Waals surface area contributed by atoms with Crippen LogP contribution in [0.4, 0.5) is 0 Å². The van der Waals surface area contributed by atoms with Gasteiger partial charge in [0, 0.05) is 23.4 Å². The Morgan fingerprint density at radius 3 is 2.55 bits per heavy atom. The summed E-state index contributed by atoms with van der Waals surface area (Å²) in [6.45, 7) is 0.437. The van der Waals surface area contributed by atoms with Crippen LogP contribution >= 0.6 is 0 Å². The van der Waals surface area contributed by atoms with E-state index in [1.165, 1.54) is 0 Å². The lowest BCUT2D eigenvalue weighted by molar-refractivity contribution is 0.278. The average Bonchev–Trinajstić information content (AvgIpc) is 2.56. The zero-order valence-electron chi connectivity index (χ0n) is 11.9. The minimum atomic E-state index is -0.0214. The van der Waals surface area contributed by atoms with Crippen LogP contribution in [0, 0.1) is 0 Å². The van der Waals surface area contributed by atoms with Crippen molar-refractivity contribution >= 4 is 21.8 Å². The van der Waals surface area contributed by atoms with E-state index in [1.807, 2.05) is 53.1 Å². The van der Waals surface area contributed by atoms with Crippen molar-refractivity contribution in [2.45, 2.75) is 6.54 Å². The van der Waals surface area contributed by atoms with Crippen LogP contribution in [0.5, 0.6) is 0 Å². The van der Waals surface area contributed by atoms with Gasteiger partial charge in [0.05, 0.1) is 29.0 Å². The Morgan fingerprint density at radius 2 is 1.73 bits per heavy atom. The van der Waals surface area contributed by atoms with Crippen LogP contribution in [0.3, 0.4) is 0 Å². The van der Waals surface area contributed by atoms with E-state index in [0.29, 0.717) is 11.9 Å². The third-order valence-electron chi connectivity index (χ3n) is 3.98. The van der Waals surface area contributed by atoms with Gasteiger partial charge in [-0.1, -0.05) is 36.4 Å². The molecule has 0 spiro atoms. The standard InChI is InChI=1S/C18H14N2O2/c21-10-9-20-15-8-4-3-7-14(15)19-18-13-6-2-1-5-12(13)17(22)11-16(18)20/h1-8,11,21H,9-10H2. The van der Waals surface area contributed by atoms with E-state index in [1.54, 1.807) is 6.07 Å². The van der Waals surface area contributed by atoms with Crippen molar-refractivity contribution in [2.24, 2.45) is 0 Å². The molecule has 0 saturated heterocycles. The third-order valence-corrected chi connectivity index (χ3v) is 3.98. The maximum atomic E-state index is 12.4. The smallest absolute Gasteiger partial charge is 0.188 e. The van der Waals surface area contributed by atoms with Crippen molar-refractivity contribution in [2.75, 3.05) is 6.61 Å². The van der Waals surface area contributed by atoms with Crippen LogP contribution < -0.4 is 5.43 Å². The van der Waals surface area contributed by atoms with Crippen LogP contribution in [0.2, 0.25) is 0 Å². The molecule has 108 valence electrons. The Morgan fingerprint density at radius 1 is 1.00 bits per heavy atom. The van der Waals surface area contributed by atoms with Gasteiger partial charge in [0.2, 0.25) is 0 Å². The van der Waals surface area contributed by atoms with E-state index in [0.717, 1.165) is 27.8 Å². The van der Waals surface area contributed by atoms with E-state index in [-0.39, 0.29) is 12.0 Å². The van der Waals surface area contributed by atoms with Crippen LogP contribution in [-0.2, 0) is 6.54 Å². The molecule has 0 amide bonds.